The smallest absolute Gasteiger partial charge is 0.166 e. The fraction of sp³-hybridized carbons (Fsp3) is 0.659. The number of nitrogens with zero attached hydrogens (tertiary/aromatic N) is 1. The fourth-order valence-corrected chi connectivity index (χ4v) is 9.69. The average molecular weight is 702 g/mol. The molecule has 1 aliphatic heterocycles. The van der Waals surface area contributed by atoms with Crippen LogP contribution in [0.5, 0.6) is 0 Å². The van der Waals surface area contributed by atoms with Gasteiger partial charge in [-0.2, -0.15) is 0 Å². The van der Waals surface area contributed by atoms with E-state index in [0.29, 0.717) is 45.5 Å². The first-order chi connectivity index (χ1) is 24.6. The van der Waals surface area contributed by atoms with Crippen molar-refractivity contribution in [3.63, 3.8) is 0 Å². The first kappa shape index (κ1) is 38.3. The number of hydrogen-bond acceptors (Lipinski definition) is 7. The lowest BCUT2D eigenvalue weighted by Gasteiger charge is -2.46. The molecule has 0 amide bonds. The molecule has 0 aromatic heterocycles. The van der Waals surface area contributed by atoms with Crippen molar-refractivity contribution in [1.82, 2.24) is 4.90 Å². The van der Waals surface area contributed by atoms with Crippen LogP contribution in [0.1, 0.15) is 130 Å². The summed E-state index contributed by atoms with van der Waals surface area (Å²) in [5, 5.41) is 35.3. The number of benzene rings is 2. The van der Waals surface area contributed by atoms with Crippen LogP contribution in [0.25, 0.3) is 0 Å². The van der Waals surface area contributed by atoms with Crippen molar-refractivity contribution in [3.8, 4) is 0 Å². The number of hydrogen-bond donors (Lipinski definition) is 3. The van der Waals surface area contributed by atoms with Gasteiger partial charge in [-0.1, -0.05) is 80.3 Å². The number of allylic oxidation sites excluding steroid dienone is 2. The second-order valence-electron chi connectivity index (χ2n) is 16.6. The summed E-state index contributed by atoms with van der Waals surface area (Å²) >= 11 is 0. The third-order valence-corrected chi connectivity index (χ3v) is 12.8. The third kappa shape index (κ3) is 9.59. The van der Waals surface area contributed by atoms with E-state index in [1.165, 1.54) is 12.0 Å². The zero-order valence-corrected chi connectivity index (χ0v) is 31.2. The summed E-state index contributed by atoms with van der Waals surface area (Å²) < 4.78 is 12.0. The lowest BCUT2D eigenvalue weighted by Crippen LogP contribution is -2.55. The van der Waals surface area contributed by atoms with E-state index in [1.54, 1.807) is 0 Å². The molecule has 2 aromatic rings. The number of carbonyl (C=O) groups excluding carboxylic acids is 1. The van der Waals surface area contributed by atoms with E-state index in [0.717, 1.165) is 93.1 Å². The molecular formula is C44H63NO6. The van der Waals surface area contributed by atoms with Gasteiger partial charge in [-0.15, -0.1) is 0 Å². The minimum Gasteiger partial charge on any atom is -0.393 e. The third-order valence-electron chi connectivity index (χ3n) is 12.8. The molecule has 3 fully saturated rings. The molecule has 0 unspecified atom stereocenters. The maximum atomic E-state index is 14.4. The van der Waals surface area contributed by atoms with Crippen LogP contribution in [-0.2, 0) is 22.5 Å². The first-order valence-corrected chi connectivity index (χ1v) is 20.0. The van der Waals surface area contributed by atoms with E-state index in [2.05, 4.69) is 43.0 Å². The first-order valence-electron chi connectivity index (χ1n) is 20.0. The molecule has 51 heavy (non-hydrogen) atoms. The van der Waals surface area contributed by atoms with E-state index in [1.807, 2.05) is 30.3 Å². The number of Topliss-reactive ketones (excluding diaryl/α,β-unsaturated/α-hetero) is 1. The highest BCUT2D eigenvalue weighted by atomic mass is 16.5. The standard InChI is InChI=1S/C44H63NO6/c1-32-11-9-22-43(2)41(39-20-18-34(25-36(46)19-17-32)26-40(39)42(48)35-14-7-4-8-15-35)21-23-44(43,49)31-45(28-38-16-10-24-51-38)27-37(47)30-50-29-33-12-5-3-6-13-33/h3,5-6,11-13,18,20,26,35-38,41,46-47,49H,4,7-10,14-17,19,21-25,27-31H2,1-2H3/t36-,37+,38+,41-,43-,44+/m0/s1. The van der Waals surface area contributed by atoms with Gasteiger partial charge in [0.2, 0.25) is 0 Å². The molecule has 7 nitrogen and oxygen atoms in total. The highest BCUT2D eigenvalue weighted by molar-refractivity contribution is 5.99. The molecule has 7 rings (SSSR count). The highest BCUT2D eigenvalue weighted by Crippen LogP contribution is 2.59. The summed E-state index contributed by atoms with van der Waals surface area (Å²) in [6.45, 7) is 7.29. The Morgan fingerprint density at radius 3 is 2.59 bits per heavy atom. The Labute approximate surface area is 306 Å². The molecule has 4 aliphatic carbocycles. The Morgan fingerprint density at radius 1 is 1.02 bits per heavy atom. The van der Waals surface area contributed by atoms with Crippen molar-refractivity contribution >= 4 is 5.78 Å². The van der Waals surface area contributed by atoms with Crippen LogP contribution in [0.15, 0.2) is 60.2 Å². The van der Waals surface area contributed by atoms with Crippen molar-refractivity contribution in [2.75, 3.05) is 32.8 Å². The lowest BCUT2D eigenvalue weighted by atomic mass is 9.64. The number of aliphatic hydroxyl groups is 3. The molecule has 280 valence electrons. The Balaban J connectivity index is 1.29. The fourth-order valence-electron chi connectivity index (χ4n) is 9.69. The van der Waals surface area contributed by atoms with Gasteiger partial charge in [0.15, 0.2) is 5.78 Å². The van der Waals surface area contributed by atoms with Gasteiger partial charge in [0, 0.05) is 43.1 Å². The Hall–Kier alpha value is -2.39. The summed E-state index contributed by atoms with van der Waals surface area (Å²) in [4.78, 5) is 16.6. The van der Waals surface area contributed by atoms with Crippen LogP contribution < -0.4 is 0 Å². The van der Waals surface area contributed by atoms with Gasteiger partial charge in [0.05, 0.1) is 37.1 Å². The van der Waals surface area contributed by atoms with Crippen molar-refractivity contribution in [3.05, 3.63) is 82.4 Å². The topological polar surface area (TPSA) is 99.5 Å². The van der Waals surface area contributed by atoms with Crippen LogP contribution in [0, 0.1) is 11.3 Å². The second-order valence-corrected chi connectivity index (χ2v) is 16.6. The summed E-state index contributed by atoms with van der Waals surface area (Å²) in [6, 6.07) is 16.4. The molecule has 3 N–H and O–H groups in total. The van der Waals surface area contributed by atoms with Crippen LogP contribution in [0.2, 0.25) is 0 Å². The second kappa shape index (κ2) is 17.6. The van der Waals surface area contributed by atoms with Gasteiger partial charge in [0.25, 0.3) is 0 Å². The Kier molecular flexibility index (Phi) is 13.2. The molecule has 2 saturated carbocycles. The monoisotopic (exact) mass is 701 g/mol. The largest absolute Gasteiger partial charge is 0.393 e. The van der Waals surface area contributed by atoms with E-state index >= 15 is 0 Å². The number of rotatable bonds is 12. The summed E-state index contributed by atoms with van der Waals surface area (Å²) in [5.41, 5.74) is 3.69. The quantitative estimate of drug-likeness (QED) is 0.155. The van der Waals surface area contributed by atoms with Gasteiger partial charge < -0.3 is 24.8 Å². The maximum absolute atomic E-state index is 14.4. The van der Waals surface area contributed by atoms with Crippen LogP contribution in [0.3, 0.4) is 0 Å². The van der Waals surface area contributed by atoms with Gasteiger partial charge in [-0.3, -0.25) is 9.69 Å². The predicted octanol–water partition coefficient (Wildman–Crippen LogP) is 7.55. The minimum absolute atomic E-state index is 0.00405. The molecule has 1 saturated heterocycles. The van der Waals surface area contributed by atoms with Crippen LogP contribution in [-0.4, -0.2) is 82.8 Å². The van der Waals surface area contributed by atoms with E-state index in [4.69, 9.17) is 9.47 Å². The summed E-state index contributed by atoms with van der Waals surface area (Å²) in [5.74, 6) is 0.297. The zero-order chi connectivity index (χ0) is 35.8. The Morgan fingerprint density at radius 2 is 1.82 bits per heavy atom. The number of aliphatic hydroxyl groups excluding tert-OH is 2. The summed E-state index contributed by atoms with van der Waals surface area (Å²) in [7, 11) is 0. The number of fused-ring (bicyclic) bond motifs is 8. The maximum Gasteiger partial charge on any atom is 0.166 e. The van der Waals surface area contributed by atoms with Gasteiger partial charge in [-0.25, -0.2) is 0 Å². The molecule has 2 aromatic carbocycles. The van der Waals surface area contributed by atoms with E-state index in [9.17, 15) is 20.1 Å². The number of ketones is 1. The molecule has 5 aliphatic rings. The Bertz CT molecular complexity index is 1450. The normalized spacial score (nSPS) is 29.8. The predicted molar refractivity (Wildman–Crippen MR) is 202 cm³/mol. The summed E-state index contributed by atoms with van der Waals surface area (Å²) in [6.07, 6.45) is 13.6. The molecule has 2 bridgehead atoms. The molecular weight excluding hydrogens is 638 g/mol. The number of ether oxygens (including phenoxy) is 2. The van der Waals surface area contributed by atoms with Crippen molar-refractivity contribution in [2.24, 2.45) is 11.3 Å². The van der Waals surface area contributed by atoms with Crippen molar-refractivity contribution in [2.45, 2.75) is 140 Å². The van der Waals surface area contributed by atoms with E-state index < -0.39 is 23.2 Å². The van der Waals surface area contributed by atoms with Crippen LogP contribution in [0.4, 0.5) is 0 Å². The molecule has 1 heterocycles. The molecule has 6 atom stereocenters. The SMILES string of the molecule is CC1=CCC[C@@]2(C)[C@@H](CC[C@@]2(O)CN(C[C@@H](O)COCc2ccccc2)C[C@H]2CCCO2)c2ccc(cc2C(=O)C2CCCCC2)C[C@@H](O)CC1. The lowest BCUT2D eigenvalue weighted by molar-refractivity contribution is -0.0961. The van der Waals surface area contributed by atoms with Crippen molar-refractivity contribution in [1.29, 1.82) is 0 Å². The average Bonchev–Trinajstić information content (AvgIpc) is 3.73. The molecule has 0 spiro atoms. The molecule has 7 heteroatoms. The molecule has 0 radical (unpaired) electrons. The number of carbonyl (C=O) groups is 1. The van der Waals surface area contributed by atoms with Crippen molar-refractivity contribution < 1.29 is 29.6 Å². The minimum atomic E-state index is -1.04. The van der Waals surface area contributed by atoms with E-state index in [-0.39, 0.29) is 30.3 Å². The highest BCUT2D eigenvalue weighted by Gasteiger charge is 2.57. The van der Waals surface area contributed by atoms with Crippen LogP contribution >= 0.6 is 0 Å². The van der Waals surface area contributed by atoms with Gasteiger partial charge >= 0.3 is 0 Å². The zero-order valence-electron chi connectivity index (χ0n) is 31.2. The van der Waals surface area contributed by atoms with Gasteiger partial charge in [0.1, 0.15) is 0 Å². The van der Waals surface area contributed by atoms with Gasteiger partial charge in [-0.05, 0) is 106 Å².